The van der Waals surface area contributed by atoms with Crippen molar-refractivity contribution in [2.75, 3.05) is 27.4 Å². The smallest absolute Gasteiger partial charge is 0.161 e. The van der Waals surface area contributed by atoms with E-state index in [4.69, 9.17) is 14.2 Å². The third-order valence-corrected chi connectivity index (χ3v) is 3.50. The normalized spacial score (nSPS) is 11.5. The number of hydrogen-bond acceptors (Lipinski definition) is 4. The molecule has 0 saturated carbocycles. The molecular formula is C17H29NO3. The van der Waals surface area contributed by atoms with Gasteiger partial charge in [-0.1, -0.05) is 13.0 Å². The van der Waals surface area contributed by atoms with Crippen molar-refractivity contribution in [2.45, 2.75) is 45.8 Å². The molecule has 0 fully saturated rings. The van der Waals surface area contributed by atoms with E-state index >= 15 is 0 Å². The third-order valence-electron chi connectivity index (χ3n) is 3.50. The second kappa shape index (κ2) is 8.90. The van der Waals surface area contributed by atoms with Gasteiger partial charge in [-0.3, -0.25) is 0 Å². The summed E-state index contributed by atoms with van der Waals surface area (Å²) in [7, 11) is 3.39. The van der Waals surface area contributed by atoms with E-state index in [0.29, 0.717) is 6.61 Å². The second-order valence-corrected chi connectivity index (χ2v) is 5.72. The van der Waals surface area contributed by atoms with Crippen molar-refractivity contribution in [2.24, 2.45) is 0 Å². The molecule has 1 N–H and O–H groups in total. The Morgan fingerprint density at radius 1 is 1.14 bits per heavy atom. The Morgan fingerprint density at radius 3 is 2.52 bits per heavy atom. The molecule has 1 aromatic rings. The Kier molecular flexibility index (Phi) is 7.54. The number of methoxy groups -OCH3 is 2. The van der Waals surface area contributed by atoms with E-state index in [9.17, 15) is 0 Å². The minimum absolute atomic E-state index is 0.169. The number of nitrogens with one attached hydrogen (secondary N) is 1. The molecule has 1 rings (SSSR count). The third kappa shape index (κ3) is 6.36. The van der Waals surface area contributed by atoms with Gasteiger partial charge in [-0.15, -0.1) is 0 Å². The maximum Gasteiger partial charge on any atom is 0.161 e. The summed E-state index contributed by atoms with van der Waals surface area (Å²) < 4.78 is 16.6. The van der Waals surface area contributed by atoms with Crippen LogP contribution in [0.3, 0.4) is 0 Å². The van der Waals surface area contributed by atoms with E-state index in [2.05, 4.69) is 32.2 Å². The van der Waals surface area contributed by atoms with Crippen LogP contribution in [0.5, 0.6) is 11.5 Å². The minimum Gasteiger partial charge on any atom is -0.493 e. The van der Waals surface area contributed by atoms with Crippen LogP contribution in [0.25, 0.3) is 0 Å². The van der Waals surface area contributed by atoms with E-state index in [-0.39, 0.29) is 5.60 Å². The topological polar surface area (TPSA) is 39.7 Å². The van der Waals surface area contributed by atoms with Crippen LogP contribution in [0.2, 0.25) is 0 Å². The summed E-state index contributed by atoms with van der Waals surface area (Å²) in [5.41, 5.74) is 1.03. The first-order valence-electron chi connectivity index (χ1n) is 7.58. The lowest BCUT2D eigenvalue weighted by Gasteiger charge is -2.23. The van der Waals surface area contributed by atoms with Crippen LogP contribution in [0.15, 0.2) is 18.2 Å². The van der Waals surface area contributed by atoms with Crippen LogP contribution in [0.1, 0.15) is 39.2 Å². The quantitative estimate of drug-likeness (QED) is 0.672. The highest BCUT2D eigenvalue weighted by molar-refractivity contribution is 5.42. The molecule has 0 bridgehead atoms. The highest BCUT2D eigenvalue weighted by atomic mass is 16.5. The van der Waals surface area contributed by atoms with Gasteiger partial charge >= 0.3 is 0 Å². The fourth-order valence-electron chi connectivity index (χ4n) is 1.86. The summed E-state index contributed by atoms with van der Waals surface area (Å²) in [5.74, 6) is 1.56. The summed E-state index contributed by atoms with van der Waals surface area (Å²) >= 11 is 0. The average Bonchev–Trinajstić information content (AvgIpc) is 2.48. The van der Waals surface area contributed by atoms with Gasteiger partial charge in [0, 0.05) is 20.1 Å². The zero-order chi connectivity index (χ0) is 15.7. The zero-order valence-electron chi connectivity index (χ0n) is 14.0. The number of benzene rings is 1. The molecule has 4 nitrogen and oxygen atoms in total. The molecule has 21 heavy (non-hydrogen) atoms. The van der Waals surface area contributed by atoms with Crippen LogP contribution in [0, 0.1) is 0 Å². The maximum absolute atomic E-state index is 5.82. The average molecular weight is 295 g/mol. The summed E-state index contributed by atoms with van der Waals surface area (Å²) in [6, 6.07) is 6.07. The van der Waals surface area contributed by atoms with Crippen LogP contribution in [-0.4, -0.2) is 33.0 Å². The van der Waals surface area contributed by atoms with Crippen molar-refractivity contribution in [3.05, 3.63) is 23.8 Å². The summed E-state index contributed by atoms with van der Waals surface area (Å²) in [4.78, 5) is 0. The summed E-state index contributed by atoms with van der Waals surface area (Å²) in [6.45, 7) is 8.73. The molecule has 1 aromatic carbocycles. The molecular weight excluding hydrogens is 266 g/mol. The SMILES string of the molecule is CCCNCc1ccc(OCCC(C)(C)OC)c(OC)c1. The van der Waals surface area contributed by atoms with Gasteiger partial charge in [-0.05, 0) is 44.5 Å². The molecule has 0 spiro atoms. The molecule has 0 amide bonds. The number of rotatable bonds is 10. The zero-order valence-corrected chi connectivity index (χ0v) is 14.0. The Balaban J connectivity index is 2.58. The van der Waals surface area contributed by atoms with Gasteiger partial charge in [-0.25, -0.2) is 0 Å². The number of ether oxygens (including phenoxy) is 3. The molecule has 120 valence electrons. The Labute approximate surface area is 128 Å². The molecule has 0 aliphatic carbocycles. The highest BCUT2D eigenvalue weighted by Crippen LogP contribution is 2.28. The molecule has 0 aliphatic rings. The van der Waals surface area contributed by atoms with Gasteiger partial charge in [0.15, 0.2) is 11.5 Å². The van der Waals surface area contributed by atoms with Crippen molar-refractivity contribution in [3.63, 3.8) is 0 Å². The summed E-state index contributed by atoms with van der Waals surface area (Å²) in [5, 5.41) is 3.38. The van der Waals surface area contributed by atoms with E-state index in [0.717, 1.165) is 37.4 Å². The maximum atomic E-state index is 5.82. The van der Waals surface area contributed by atoms with Crippen molar-refractivity contribution < 1.29 is 14.2 Å². The monoisotopic (exact) mass is 295 g/mol. The first-order valence-corrected chi connectivity index (χ1v) is 7.58. The molecule has 0 heterocycles. The molecule has 0 aliphatic heterocycles. The Morgan fingerprint density at radius 2 is 1.90 bits per heavy atom. The first kappa shape index (κ1) is 17.8. The van der Waals surface area contributed by atoms with Crippen molar-refractivity contribution in [1.82, 2.24) is 5.32 Å². The van der Waals surface area contributed by atoms with Crippen LogP contribution in [0.4, 0.5) is 0 Å². The Hall–Kier alpha value is -1.26. The highest BCUT2D eigenvalue weighted by Gasteiger charge is 2.16. The van der Waals surface area contributed by atoms with Gasteiger partial charge in [0.1, 0.15) is 0 Å². The summed E-state index contributed by atoms with van der Waals surface area (Å²) in [6.07, 6.45) is 1.96. The molecule has 0 atom stereocenters. The molecule has 0 unspecified atom stereocenters. The standard InChI is InChI=1S/C17H29NO3/c1-6-10-18-13-14-7-8-15(16(12-14)19-4)21-11-9-17(2,3)20-5/h7-8,12,18H,6,9-11,13H2,1-5H3. The Bertz CT molecular complexity index is 418. The van der Waals surface area contributed by atoms with Crippen molar-refractivity contribution in [1.29, 1.82) is 0 Å². The van der Waals surface area contributed by atoms with Gasteiger partial charge < -0.3 is 19.5 Å². The van der Waals surface area contributed by atoms with Gasteiger partial charge in [-0.2, -0.15) is 0 Å². The number of hydrogen-bond donors (Lipinski definition) is 1. The fourth-order valence-corrected chi connectivity index (χ4v) is 1.86. The lowest BCUT2D eigenvalue weighted by molar-refractivity contribution is 0.00525. The van der Waals surface area contributed by atoms with Crippen molar-refractivity contribution in [3.8, 4) is 11.5 Å². The van der Waals surface area contributed by atoms with Gasteiger partial charge in [0.2, 0.25) is 0 Å². The van der Waals surface area contributed by atoms with Gasteiger partial charge in [0.05, 0.1) is 19.3 Å². The largest absolute Gasteiger partial charge is 0.493 e. The lowest BCUT2D eigenvalue weighted by Crippen LogP contribution is -2.25. The van der Waals surface area contributed by atoms with Crippen LogP contribution < -0.4 is 14.8 Å². The molecule has 0 saturated heterocycles. The van der Waals surface area contributed by atoms with Crippen LogP contribution >= 0.6 is 0 Å². The van der Waals surface area contributed by atoms with Crippen LogP contribution in [-0.2, 0) is 11.3 Å². The van der Waals surface area contributed by atoms with E-state index < -0.39 is 0 Å². The molecule has 0 aromatic heterocycles. The lowest BCUT2D eigenvalue weighted by atomic mass is 10.1. The second-order valence-electron chi connectivity index (χ2n) is 5.72. The minimum atomic E-state index is -0.169. The predicted octanol–water partition coefficient (Wildman–Crippen LogP) is 3.39. The fraction of sp³-hybridized carbons (Fsp3) is 0.647. The molecule has 0 radical (unpaired) electrons. The molecule has 4 heteroatoms. The van der Waals surface area contributed by atoms with E-state index in [1.165, 1.54) is 5.56 Å². The van der Waals surface area contributed by atoms with E-state index in [1.54, 1.807) is 14.2 Å². The predicted molar refractivity (Wildman–Crippen MR) is 86.2 cm³/mol. The first-order chi connectivity index (χ1) is 10.0. The van der Waals surface area contributed by atoms with E-state index in [1.807, 2.05) is 12.1 Å². The van der Waals surface area contributed by atoms with Gasteiger partial charge in [0.25, 0.3) is 0 Å². The van der Waals surface area contributed by atoms with Crippen molar-refractivity contribution >= 4 is 0 Å².